The van der Waals surface area contributed by atoms with Crippen LogP contribution in [0.2, 0.25) is 0 Å². The molecule has 6 nitrogen and oxygen atoms in total. The van der Waals surface area contributed by atoms with Gasteiger partial charge in [0.25, 0.3) is 5.91 Å². The molecule has 0 spiro atoms. The van der Waals surface area contributed by atoms with Gasteiger partial charge in [-0.05, 0) is 37.7 Å². The highest BCUT2D eigenvalue weighted by Crippen LogP contribution is 2.29. The fourth-order valence-electron chi connectivity index (χ4n) is 2.89. The maximum atomic E-state index is 12.5. The van der Waals surface area contributed by atoms with Gasteiger partial charge in [-0.3, -0.25) is 14.7 Å². The van der Waals surface area contributed by atoms with Crippen LogP contribution in [0.3, 0.4) is 0 Å². The first-order valence-corrected chi connectivity index (χ1v) is 8.17. The summed E-state index contributed by atoms with van der Waals surface area (Å²) in [5.41, 5.74) is 1.47. The Morgan fingerprint density at radius 2 is 2.18 bits per heavy atom. The topological polar surface area (TPSA) is 78.1 Å². The highest BCUT2D eigenvalue weighted by Gasteiger charge is 2.34. The van der Waals surface area contributed by atoms with Gasteiger partial charge in [0.1, 0.15) is 5.69 Å². The van der Waals surface area contributed by atoms with Gasteiger partial charge in [-0.15, -0.1) is 0 Å². The number of aromatic nitrogens is 2. The molecule has 2 N–H and O–H groups in total. The molecule has 1 aliphatic carbocycles. The standard InChI is InChI=1S/C16H24N4O2/c1-10(2)7-13-8-14(19-18-13)16(22)20-6-5-12(9-20)17-15(21)11-3-4-11/h8,10-12H,3-7,9H2,1-2H3,(H,17,21)(H,18,19). The van der Waals surface area contributed by atoms with Crippen LogP contribution < -0.4 is 5.32 Å². The predicted octanol–water partition coefficient (Wildman–Crippen LogP) is 1.35. The summed E-state index contributed by atoms with van der Waals surface area (Å²) in [6.07, 6.45) is 3.71. The average Bonchev–Trinajstić information content (AvgIpc) is 3.06. The summed E-state index contributed by atoms with van der Waals surface area (Å²) in [6, 6.07) is 1.94. The van der Waals surface area contributed by atoms with Crippen LogP contribution in [-0.4, -0.2) is 46.0 Å². The summed E-state index contributed by atoms with van der Waals surface area (Å²) in [4.78, 5) is 26.0. The molecule has 1 aliphatic heterocycles. The first-order chi connectivity index (χ1) is 10.5. The summed E-state index contributed by atoms with van der Waals surface area (Å²) >= 11 is 0. The van der Waals surface area contributed by atoms with Crippen molar-refractivity contribution in [3.05, 3.63) is 17.5 Å². The second kappa shape index (κ2) is 6.10. The van der Waals surface area contributed by atoms with Gasteiger partial charge in [0, 0.05) is 25.0 Å². The second-order valence-electron chi connectivity index (χ2n) is 6.89. The largest absolute Gasteiger partial charge is 0.351 e. The van der Waals surface area contributed by atoms with Crippen LogP contribution >= 0.6 is 0 Å². The number of hydrogen-bond acceptors (Lipinski definition) is 3. The average molecular weight is 304 g/mol. The van der Waals surface area contributed by atoms with Crippen molar-refractivity contribution >= 4 is 11.8 Å². The van der Waals surface area contributed by atoms with Crippen LogP contribution in [0.5, 0.6) is 0 Å². The number of nitrogens with one attached hydrogen (secondary N) is 2. The minimum atomic E-state index is -0.0225. The first-order valence-electron chi connectivity index (χ1n) is 8.17. The van der Waals surface area contributed by atoms with Crippen molar-refractivity contribution in [3.63, 3.8) is 0 Å². The molecule has 120 valence electrons. The van der Waals surface area contributed by atoms with Gasteiger partial charge < -0.3 is 10.2 Å². The summed E-state index contributed by atoms with van der Waals surface area (Å²) < 4.78 is 0. The molecule has 0 radical (unpaired) electrons. The zero-order valence-electron chi connectivity index (χ0n) is 13.3. The molecule has 22 heavy (non-hydrogen) atoms. The lowest BCUT2D eigenvalue weighted by molar-refractivity contribution is -0.122. The smallest absolute Gasteiger partial charge is 0.271 e. The van der Waals surface area contributed by atoms with Crippen molar-refractivity contribution < 1.29 is 9.59 Å². The number of likely N-dealkylation sites (tertiary alicyclic amines) is 1. The maximum Gasteiger partial charge on any atom is 0.271 e. The van der Waals surface area contributed by atoms with Gasteiger partial charge in [-0.25, -0.2) is 0 Å². The Labute approximate surface area is 130 Å². The number of carbonyl (C=O) groups excluding carboxylic acids is 2. The van der Waals surface area contributed by atoms with E-state index in [1.807, 2.05) is 6.07 Å². The number of hydrogen-bond donors (Lipinski definition) is 2. The van der Waals surface area contributed by atoms with Crippen molar-refractivity contribution in [3.8, 4) is 0 Å². The monoisotopic (exact) mass is 304 g/mol. The Hall–Kier alpha value is -1.85. The van der Waals surface area contributed by atoms with E-state index in [9.17, 15) is 9.59 Å². The molecule has 1 unspecified atom stereocenters. The molecule has 1 saturated heterocycles. The molecule has 0 bridgehead atoms. The van der Waals surface area contributed by atoms with Gasteiger partial charge in [-0.2, -0.15) is 5.10 Å². The summed E-state index contributed by atoms with van der Waals surface area (Å²) in [7, 11) is 0. The lowest BCUT2D eigenvalue weighted by atomic mass is 10.1. The third-order valence-corrected chi connectivity index (χ3v) is 4.25. The third-order valence-electron chi connectivity index (χ3n) is 4.25. The number of H-pyrrole nitrogens is 1. The number of nitrogens with zero attached hydrogens (tertiary/aromatic N) is 2. The molecule has 6 heteroatoms. The Morgan fingerprint density at radius 3 is 2.86 bits per heavy atom. The number of amides is 2. The van der Waals surface area contributed by atoms with Crippen molar-refractivity contribution in [1.82, 2.24) is 20.4 Å². The highest BCUT2D eigenvalue weighted by molar-refractivity contribution is 5.92. The molecule has 1 aromatic rings. The van der Waals surface area contributed by atoms with Crippen LogP contribution in [0.1, 0.15) is 49.3 Å². The van der Waals surface area contributed by atoms with E-state index in [0.29, 0.717) is 24.7 Å². The molecule has 2 heterocycles. The van der Waals surface area contributed by atoms with E-state index < -0.39 is 0 Å². The highest BCUT2D eigenvalue weighted by atomic mass is 16.2. The molecular formula is C16H24N4O2. The normalized spacial score (nSPS) is 21.4. The molecule has 3 rings (SSSR count). The molecule has 2 amide bonds. The van der Waals surface area contributed by atoms with Crippen LogP contribution in [0, 0.1) is 11.8 Å². The van der Waals surface area contributed by atoms with Gasteiger partial charge >= 0.3 is 0 Å². The molecule has 1 atom stereocenters. The molecular weight excluding hydrogens is 280 g/mol. The van der Waals surface area contributed by atoms with Crippen LogP contribution in [-0.2, 0) is 11.2 Å². The second-order valence-corrected chi connectivity index (χ2v) is 6.89. The summed E-state index contributed by atoms with van der Waals surface area (Å²) in [5, 5.41) is 10.1. The van der Waals surface area contributed by atoms with E-state index >= 15 is 0 Å². The van der Waals surface area contributed by atoms with Gasteiger partial charge in [-0.1, -0.05) is 13.8 Å². The van der Waals surface area contributed by atoms with Crippen LogP contribution in [0.25, 0.3) is 0 Å². The summed E-state index contributed by atoms with van der Waals surface area (Å²) in [5.74, 6) is 0.863. The Kier molecular flexibility index (Phi) is 4.18. The molecule has 1 aromatic heterocycles. The van der Waals surface area contributed by atoms with E-state index in [0.717, 1.165) is 31.4 Å². The Morgan fingerprint density at radius 1 is 1.41 bits per heavy atom. The zero-order chi connectivity index (χ0) is 15.7. The third kappa shape index (κ3) is 3.48. The van der Waals surface area contributed by atoms with E-state index in [-0.39, 0.29) is 23.8 Å². The maximum absolute atomic E-state index is 12.5. The SMILES string of the molecule is CC(C)Cc1cc(C(=O)N2CCC(NC(=O)C3CC3)C2)[nH]n1. The lowest BCUT2D eigenvalue weighted by Gasteiger charge is -2.16. The predicted molar refractivity (Wildman–Crippen MR) is 82.3 cm³/mol. The molecule has 2 fully saturated rings. The Balaban J connectivity index is 1.54. The van der Waals surface area contributed by atoms with E-state index in [2.05, 4.69) is 29.4 Å². The van der Waals surface area contributed by atoms with Crippen molar-refractivity contribution in [2.45, 2.75) is 45.6 Å². The fourth-order valence-corrected chi connectivity index (χ4v) is 2.89. The first kappa shape index (κ1) is 15.1. The number of aromatic amines is 1. The van der Waals surface area contributed by atoms with Gasteiger partial charge in [0.05, 0.1) is 5.69 Å². The quantitative estimate of drug-likeness (QED) is 0.862. The van der Waals surface area contributed by atoms with Crippen LogP contribution in [0.4, 0.5) is 0 Å². The molecule has 2 aliphatic rings. The van der Waals surface area contributed by atoms with Crippen molar-refractivity contribution in [2.75, 3.05) is 13.1 Å². The fraction of sp³-hybridized carbons (Fsp3) is 0.688. The number of rotatable bonds is 5. The molecule has 0 aromatic carbocycles. The van der Waals surface area contributed by atoms with Gasteiger partial charge in [0.2, 0.25) is 5.91 Å². The summed E-state index contributed by atoms with van der Waals surface area (Å²) in [6.45, 7) is 5.54. The van der Waals surface area contributed by atoms with Crippen molar-refractivity contribution in [2.24, 2.45) is 11.8 Å². The number of carbonyl (C=O) groups is 2. The zero-order valence-corrected chi connectivity index (χ0v) is 13.3. The van der Waals surface area contributed by atoms with Crippen molar-refractivity contribution in [1.29, 1.82) is 0 Å². The van der Waals surface area contributed by atoms with Gasteiger partial charge in [0.15, 0.2) is 0 Å². The van der Waals surface area contributed by atoms with E-state index in [1.54, 1.807) is 4.90 Å². The van der Waals surface area contributed by atoms with E-state index in [1.165, 1.54) is 0 Å². The minimum absolute atomic E-state index is 0.0225. The van der Waals surface area contributed by atoms with Crippen LogP contribution in [0.15, 0.2) is 6.07 Å². The lowest BCUT2D eigenvalue weighted by Crippen LogP contribution is -2.39. The molecule has 1 saturated carbocycles. The minimum Gasteiger partial charge on any atom is -0.351 e. The van der Waals surface area contributed by atoms with E-state index in [4.69, 9.17) is 0 Å². The Bertz CT molecular complexity index is 562.